The van der Waals surface area contributed by atoms with Crippen molar-refractivity contribution in [3.8, 4) is 0 Å². The van der Waals surface area contributed by atoms with Crippen LogP contribution in [0.2, 0.25) is 0 Å². The number of aryl methyl sites for hydroxylation is 2. The van der Waals surface area contributed by atoms with Crippen LogP contribution in [0.15, 0.2) is 0 Å². The summed E-state index contributed by atoms with van der Waals surface area (Å²) < 4.78 is 0. The van der Waals surface area contributed by atoms with Crippen molar-refractivity contribution in [1.82, 2.24) is 9.97 Å². The summed E-state index contributed by atoms with van der Waals surface area (Å²) in [5.74, 6) is 3.81. The van der Waals surface area contributed by atoms with Gasteiger partial charge >= 0.3 is 0 Å². The molecule has 2 aliphatic rings. The molecule has 1 aliphatic carbocycles. The van der Waals surface area contributed by atoms with Gasteiger partial charge in [0.15, 0.2) is 0 Å². The molecule has 0 saturated carbocycles. The van der Waals surface area contributed by atoms with E-state index >= 15 is 0 Å². The zero-order valence-electron chi connectivity index (χ0n) is 11.1. The third kappa shape index (κ3) is 2.23. The zero-order chi connectivity index (χ0) is 12.8. The number of halogens is 1. The number of hydrogen-bond acceptors (Lipinski definition) is 6. The summed E-state index contributed by atoms with van der Waals surface area (Å²) in [5, 5.41) is 1.13. The average Bonchev–Trinajstić information content (AvgIpc) is 2.99. The smallest absolute Gasteiger partial charge is 0.228 e. The molecular formula is C13H17ClN4S2. The van der Waals surface area contributed by atoms with Crippen LogP contribution in [-0.2, 0) is 12.8 Å². The van der Waals surface area contributed by atoms with Crippen molar-refractivity contribution in [3.05, 3.63) is 10.4 Å². The van der Waals surface area contributed by atoms with Crippen LogP contribution in [0.1, 0.15) is 16.9 Å². The molecule has 2 N–H and O–H groups in total. The van der Waals surface area contributed by atoms with Crippen LogP contribution < -0.4 is 10.6 Å². The monoisotopic (exact) mass is 328 g/mol. The Balaban J connectivity index is 0.00000121. The van der Waals surface area contributed by atoms with Crippen LogP contribution in [0.4, 0.5) is 11.8 Å². The molecule has 4 nitrogen and oxygen atoms in total. The van der Waals surface area contributed by atoms with E-state index < -0.39 is 0 Å². The molecule has 0 bridgehead atoms. The number of nitrogen functional groups attached to an aromatic ring is 1. The molecule has 1 aliphatic heterocycles. The number of fused-ring (bicyclic) bond motifs is 3. The first-order valence-corrected chi connectivity index (χ1v) is 8.70. The van der Waals surface area contributed by atoms with Crippen LogP contribution >= 0.6 is 35.5 Å². The fraction of sp³-hybridized carbons (Fsp3) is 0.538. The molecule has 20 heavy (non-hydrogen) atoms. The Labute approximate surface area is 132 Å². The lowest BCUT2D eigenvalue weighted by Gasteiger charge is -2.26. The maximum atomic E-state index is 6.20. The van der Waals surface area contributed by atoms with Crippen LogP contribution in [0.25, 0.3) is 10.2 Å². The van der Waals surface area contributed by atoms with E-state index in [4.69, 9.17) is 10.7 Å². The summed E-state index contributed by atoms with van der Waals surface area (Å²) in [5.41, 5.74) is 7.62. The Morgan fingerprint density at radius 1 is 1.10 bits per heavy atom. The SMILES string of the molecule is Cl.Nc1nc(N2CCSCC2)nc2sc3c(c12)CCC3. The van der Waals surface area contributed by atoms with Gasteiger partial charge in [0.2, 0.25) is 5.95 Å². The first-order chi connectivity index (χ1) is 9.33. The summed E-state index contributed by atoms with van der Waals surface area (Å²) in [6.07, 6.45) is 3.58. The van der Waals surface area contributed by atoms with Crippen LogP contribution in [0.3, 0.4) is 0 Å². The predicted octanol–water partition coefficient (Wildman–Crippen LogP) is 2.74. The Morgan fingerprint density at radius 3 is 2.70 bits per heavy atom. The zero-order valence-corrected chi connectivity index (χ0v) is 13.5. The number of aromatic nitrogens is 2. The molecule has 1 fully saturated rings. The van der Waals surface area contributed by atoms with Crippen molar-refractivity contribution in [2.24, 2.45) is 0 Å². The molecule has 0 spiro atoms. The van der Waals surface area contributed by atoms with E-state index in [9.17, 15) is 0 Å². The third-order valence-electron chi connectivity index (χ3n) is 3.87. The number of thioether (sulfide) groups is 1. The van der Waals surface area contributed by atoms with Crippen molar-refractivity contribution >= 4 is 57.5 Å². The second kappa shape index (κ2) is 5.58. The highest BCUT2D eigenvalue weighted by Crippen LogP contribution is 2.39. The lowest BCUT2D eigenvalue weighted by Crippen LogP contribution is -2.33. The summed E-state index contributed by atoms with van der Waals surface area (Å²) in [6.45, 7) is 2.06. The fourth-order valence-electron chi connectivity index (χ4n) is 2.92. The number of thiophene rings is 1. The van der Waals surface area contributed by atoms with Crippen molar-refractivity contribution in [2.45, 2.75) is 19.3 Å². The highest BCUT2D eigenvalue weighted by molar-refractivity contribution is 7.99. The molecule has 7 heteroatoms. The molecule has 0 unspecified atom stereocenters. The van der Waals surface area contributed by atoms with Gasteiger partial charge in [0.1, 0.15) is 10.6 Å². The highest BCUT2D eigenvalue weighted by atomic mass is 35.5. The van der Waals surface area contributed by atoms with Gasteiger partial charge in [0, 0.05) is 29.5 Å². The molecule has 0 aromatic carbocycles. The predicted molar refractivity (Wildman–Crippen MR) is 90.6 cm³/mol. The number of nitrogens with zero attached hydrogens (tertiary/aromatic N) is 3. The van der Waals surface area contributed by atoms with E-state index in [1.807, 2.05) is 23.1 Å². The van der Waals surface area contributed by atoms with Gasteiger partial charge in [-0.25, -0.2) is 4.98 Å². The molecule has 4 rings (SSSR count). The summed E-state index contributed by atoms with van der Waals surface area (Å²) >= 11 is 3.81. The van der Waals surface area contributed by atoms with Gasteiger partial charge < -0.3 is 10.6 Å². The van der Waals surface area contributed by atoms with Gasteiger partial charge in [0.05, 0.1) is 5.39 Å². The summed E-state index contributed by atoms with van der Waals surface area (Å²) in [7, 11) is 0. The highest BCUT2D eigenvalue weighted by Gasteiger charge is 2.23. The van der Waals surface area contributed by atoms with Gasteiger partial charge in [-0.3, -0.25) is 0 Å². The van der Waals surface area contributed by atoms with E-state index in [0.29, 0.717) is 5.82 Å². The van der Waals surface area contributed by atoms with E-state index in [1.165, 1.54) is 23.3 Å². The summed E-state index contributed by atoms with van der Waals surface area (Å²) in [6, 6.07) is 0. The summed E-state index contributed by atoms with van der Waals surface area (Å²) in [4.78, 5) is 14.2. The van der Waals surface area contributed by atoms with Crippen molar-refractivity contribution in [3.63, 3.8) is 0 Å². The quantitative estimate of drug-likeness (QED) is 0.872. The Kier molecular flexibility index (Phi) is 3.97. The van der Waals surface area contributed by atoms with Gasteiger partial charge in [-0.05, 0) is 24.8 Å². The van der Waals surface area contributed by atoms with Crippen molar-refractivity contribution in [2.75, 3.05) is 35.2 Å². The maximum Gasteiger partial charge on any atom is 0.228 e. The minimum absolute atomic E-state index is 0. The van der Waals surface area contributed by atoms with Crippen LogP contribution in [0.5, 0.6) is 0 Å². The normalized spacial score (nSPS) is 18.1. The fourth-order valence-corrected chi connectivity index (χ4v) is 5.08. The van der Waals surface area contributed by atoms with E-state index in [-0.39, 0.29) is 12.4 Å². The average molecular weight is 329 g/mol. The topological polar surface area (TPSA) is 55.0 Å². The lowest BCUT2D eigenvalue weighted by atomic mass is 10.2. The first kappa shape index (κ1) is 14.2. The second-order valence-corrected chi connectivity index (χ2v) is 7.35. The molecule has 0 amide bonds. The number of nitrogens with two attached hydrogens (primary N) is 1. The van der Waals surface area contributed by atoms with Crippen LogP contribution in [-0.4, -0.2) is 34.6 Å². The van der Waals surface area contributed by atoms with Gasteiger partial charge in [0.25, 0.3) is 0 Å². The van der Waals surface area contributed by atoms with E-state index in [1.54, 1.807) is 0 Å². The molecule has 2 aromatic heterocycles. The van der Waals surface area contributed by atoms with E-state index in [2.05, 4.69) is 9.88 Å². The Bertz CT molecular complexity index is 637. The molecule has 3 heterocycles. The number of rotatable bonds is 1. The largest absolute Gasteiger partial charge is 0.383 e. The van der Waals surface area contributed by atoms with Gasteiger partial charge in [-0.2, -0.15) is 16.7 Å². The molecule has 108 valence electrons. The van der Waals surface area contributed by atoms with Crippen LogP contribution in [0, 0.1) is 0 Å². The number of anilines is 2. The molecular weight excluding hydrogens is 312 g/mol. The maximum absolute atomic E-state index is 6.20. The lowest BCUT2D eigenvalue weighted by molar-refractivity contribution is 0.822. The molecule has 0 atom stereocenters. The Hall–Kier alpha value is -0.720. The third-order valence-corrected chi connectivity index (χ3v) is 6.00. The standard InChI is InChI=1S/C13H16N4S2.ClH/c14-11-10-8-2-1-3-9(8)19-12(10)16-13(15-11)17-4-6-18-7-5-17;/h1-7H2,(H2,14,15,16);1H. The number of hydrogen-bond donors (Lipinski definition) is 1. The second-order valence-electron chi connectivity index (χ2n) is 5.05. The van der Waals surface area contributed by atoms with Crippen molar-refractivity contribution < 1.29 is 0 Å². The molecule has 2 aromatic rings. The minimum Gasteiger partial charge on any atom is -0.383 e. The van der Waals surface area contributed by atoms with Crippen molar-refractivity contribution in [1.29, 1.82) is 0 Å². The Morgan fingerprint density at radius 2 is 1.90 bits per heavy atom. The molecule has 0 radical (unpaired) electrons. The molecule has 1 saturated heterocycles. The first-order valence-electron chi connectivity index (χ1n) is 6.73. The van der Waals surface area contributed by atoms with E-state index in [0.717, 1.165) is 47.2 Å². The van der Waals surface area contributed by atoms with Gasteiger partial charge in [-0.15, -0.1) is 23.7 Å². The van der Waals surface area contributed by atoms with Gasteiger partial charge in [-0.1, -0.05) is 0 Å². The minimum atomic E-state index is 0.